The first-order chi connectivity index (χ1) is 11.7. The predicted molar refractivity (Wildman–Crippen MR) is 101 cm³/mol. The molecular weight excluding hydrogens is 290 g/mol. The van der Waals surface area contributed by atoms with Gasteiger partial charge in [-0.25, -0.2) is 4.58 Å². The number of nitrogens with zero attached hydrogens (tertiary/aromatic N) is 1. The van der Waals surface area contributed by atoms with Crippen molar-refractivity contribution in [2.75, 3.05) is 0 Å². The zero-order chi connectivity index (χ0) is 16.5. The first-order valence-corrected chi connectivity index (χ1v) is 8.57. The summed E-state index contributed by atoms with van der Waals surface area (Å²) >= 11 is 0. The van der Waals surface area contributed by atoms with Gasteiger partial charge in [-0.2, -0.15) is 0 Å². The fraction of sp³-hybridized carbons (Fsp3) is 0.174. The third-order valence-electron chi connectivity index (χ3n) is 5.00. The van der Waals surface area contributed by atoms with Crippen LogP contribution in [0.4, 0.5) is 0 Å². The van der Waals surface area contributed by atoms with Gasteiger partial charge in [0.05, 0.1) is 0 Å². The Hall–Kier alpha value is -2.67. The molecule has 0 aromatic heterocycles. The summed E-state index contributed by atoms with van der Waals surface area (Å²) < 4.78 is 2.47. The van der Waals surface area contributed by atoms with Gasteiger partial charge in [0.2, 0.25) is 0 Å². The Morgan fingerprint density at radius 2 is 1.50 bits per heavy atom. The molecule has 0 saturated heterocycles. The van der Waals surface area contributed by atoms with Crippen LogP contribution in [0.5, 0.6) is 0 Å². The van der Waals surface area contributed by atoms with Crippen LogP contribution in [-0.4, -0.2) is 10.8 Å². The second-order valence-electron chi connectivity index (χ2n) is 6.59. The van der Waals surface area contributed by atoms with Gasteiger partial charge in [-0.3, -0.25) is 0 Å². The maximum Gasteiger partial charge on any atom is 0.176 e. The molecule has 0 bridgehead atoms. The molecular formula is C23H22N+. The van der Waals surface area contributed by atoms with E-state index in [9.17, 15) is 0 Å². The van der Waals surface area contributed by atoms with Crippen LogP contribution in [0.25, 0.3) is 11.1 Å². The molecule has 0 fully saturated rings. The van der Waals surface area contributed by atoms with Crippen molar-refractivity contribution in [2.24, 2.45) is 0 Å². The number of fused-ring (bicyclic) bond motifs is 3. The lowest BCUT2D eigenvalue weighted by Crippen LogP contribution is -2.18. The van der Waals surface area contributed by atoms with E-state index in [-0.39, 0.29) is 0 Å². The van der Waals surface area contributed by atoms with Crippen LogP contribution in [0, 0.1) is 6.92 Å². The summed E-state index contributed by atoms with van der Waals surface area (Å²) in [6.45, 7) is 5.46. The molecule has 1 heterocycles. The van der Waals surface area contributed by atoms with Gasteiger partial charge in [-0.05, 0) is 29.7 Å². The number of rotatable bonds is 2. The van der Waals surface area contributed by atoms with Crippen LogP contribution in [0.2, 0.25) is 0 Å². The molecule has 0 spiro atoms. The normalized spacial score (nSPS) is 15.9. The summed E-state index contributed by atoms with van der Waals surface area (Å²) in [7, 11) is 0. The standard InChI is InChI=1S/C23H22N/c1-17-9-8-14-22-21-13-7-6-12-20(21)16-24(18(2)23(17)22)15-19-10-4-3-5-11-19/h3-14,16,18H,15H2,1-2H3/q+1. The molecule has 1 unspecified atom stereocenters. The summed E-state index contributed by atoms with van der Waals surface area (Å²) in [5.74, 6) is 0. The van der Waals surface area contributed by atoms with E-state index in [4.69, 9.17) is 0 Å². The second kappa shape index (κ2) is 6.09. The van der Waals surface area contributed by atoms with Crippen LogP contribution >= 0.6 is 0 Å². The van der Waals surface area contributed by atoms with Crippen molar-refractivity contribution in [1.82, 2.24) is 0 Å². The quantitative estimate of drug-likeness (QED) is 0.560. The lowest BCUT2D eigenvalue weighted by Gasteiger charge is -2.16. The molecule has 24 heavy (non-hydrogen) atoms. The van der Waals surface area contributed by atoms with E-state index in [0.29, 0.717) is 6.04 Å². The fourth-order valence-electron chi connectivity index (χ4n) is 3.76. The van der Waals surface area contributed by atoms with E-state index < -0.39 is 0 Å². The van der Waals surface area contributed by atoms with E-state index >= 15 is 0 Å². The molecule has 0 radical (unpaired) electrons. The molecule has 1 heteroatoms. The molecule has 118 valence electrons. The second-order valence-corrected chi connectivity index (χ2v) is 6.59. The molecule has 0 saturated carbocycles. The van der Waals surface area contributed by atoms with Gasteiger partial charge in [-0.15, -0.1) is 0 Å². The minimum atomic E-state index is 0.341. The minimum absolute atomic E-state index is 0.341. The van der Waals surface area contributed by atoms with Gasteiger partial charge in [0.1, 0.15) is 0 Å². The summed E-state index contributed by atoms with van der Waals surface area (Å²) in [4.78, 5) is 0. The lowest BCUT2D eigenvalue weighted by molar-refractivity contribution is -0.579. The molecule has 1 aliphatic rings. The molecule has 0 N–H and O–H groups in total. The molecule has 0 aliphatic carbocycles. The number of hydrogen-bond acceptors (Lipinski definition) is 0. The Morgan fingerprint density at radius 3 is 2.33 bits per heavy atom. The maximum absolute atomic E-state index is 2.47. The van der Waals surface area contributed by atoms with Crippen LogP contribution in [-0.2, 0) is 6.54 Å². The average molecular weight is 312 g/mol. The van der Waals surface area contributed by atoms with Crippen molar-refractivity contribution in [3.8, 4) is 11.1 Å². The highest BCUT2D eigenvalue weighted by Gasteiger charge is 2.27. The van der Waals surface area contributed by atoms with Gasteiger partial charge in [0.25, 0.3) is 0 Å². The van der Waals surface area contributed by atoms with Gasteiger partial charge in [0.15, 0.2) is 18.8 Å². The van der Waals surface area contributed by atoms with E-state index in [1.807, 2.05) is 0 Å². The number of aryl methyl sites for hydroxylation is 1. The Bertz CT molecular complexity index is 906. The van der Waals surface area contributed by atoms with Gasteiger partial charge >= 0.3 is 0 Å². The molecule has 1 nitrogen and oxygen atoms in total. The van der Waals surface area contributed by atoms with Crippen LogP contribution in [0.3, 0.4) is 0 Å². The van der Waals surface area contributed by atoms with E-state index in [1.54, 1.807) is 0 Å². The Labute approximate surface area is 143 Å². The van der Waals surface area contributed by atoms with Gasteiger partial charge in [0, 0.05) is 23.6 Å². The van der Waals surface area contributed by atoms with E-state index in [1.165, 1.54) is 33.4 Å². The van der Waals surface area contributed by atoms with Gasteiger partial charge in [-0.1, -0.05) is 66.7 Å². The molecule has 3 aromatic rings. The maximum atomic E-state index is 2.47. The molecule has 1 atom stereocenters. The Balaban J connectivity index is 1.90. The largest absolute Gasteiger partial charge is 0.224 e. The SMILES string of the molecule is Cc1cccc2c1C(C)[N+](Cc1ccccc1)=Cc1ccccc1-2. The predicted octanol–water partition coefficient (Wildman–Crippen LogP) is 5.37. The van der Waals surface area contributed by atoms with Crippen molar-refractivity contribution in [3.05, 3.63) is 95.1 Å². The third-order valence-corrected chi connectivity index (χ3v) is 5.00. The summed E-state index contributed by atoms with van der Waals surface area (Å²) in [6.07, 6.45) is 2.33. The highest BCUT2D eigenvalue weighted by atomic mass is 15.0. The Kier molecular flexibility index (Phi) is 3.78. The summed E-state index contributed by atoms with van der Waals surface area (Å²) in [6, 6.07) is 26.4. The molecule has 4 rings (SSSR count). The van der Waals surface area contributed by atoms with Crippen LogP contribution < -0.4 is 0 Å². The first kappa shape index (κ1) is 14.9. The van der Waals surface area contributed by atoms with Crippen molar-refractivity contribution in [2.45, 2.75) is 26.4 Å². The molecule has 1 aliphatic heterocycles. The van der Waals surface area contributed by atoms with E-state index in [0.717, 1.165) is 6.54 Å². The summed E-state index contributed by atoms with van der Waals surface area (Å²) in [5, 5.41) is 0. The monoisotopic (exact) mass is 312 g/mol. The van der Waals surface area contributed by atoms with Crippen molar-refractivity contribution in [3.63, 3.8) is 0 Å². The van der Waals surface area contributed by atoms with Crippen LogP contribution in [0.15, 0.2) is 72.8 Å². The van der Waals surface area contributed by atoms with Gasteiger partial charge < -0.3 is 0 Å². The van der Waals surface area contributed by atoms with Crippen LogP contribution in [0.1, 0.15) is 35.2 Å². The van der Waals surface area contributed by atoms with Crippen molar-refractivity contribution < 1.29 is 4.58 Å². The molecule has 3 aromatic carbocycles. The summed E-state index contributed by atoms with van der Waals surface area (Å²) in [5.41, 5.74) is 8.14. The highest BCUT2D eigenvalue weighted by Crippen LogP contribution is 2.36. The smallest absolute Gasteiger partial charge is 0.176 e. The number of benzene rings is 3. The molecule has 0 amide bonds. The van der Waals surface area contributed by atoms with Crippen molar-refractivity contribution in [1.29, 1.82) is 0 Å². The third kappa shape index (κ3) is 2.56. The topological polar surface area (TPSA) is 3.01 Å². The highest BCUT2D eigenvalue weighted by molar-refractivity contribution is 5.90. The zero-order valence-corrected chi connectivity index (χ0v) is 14.2. The zero-order valence-electron chi connectivity index (χ0n) is 14.2. The fourth-order valence-corrected chi connectivity index (χ4v) is 3.76. The Morgan fingerprint density at radius 1 is 0.792 bits per heavy atom. The lowest BCUT2D eigenvalue weighted by atomic mass is 9.91. The van der Waals surface area contributed by atoms with E-state index in [2.05, 4.69) is 97.4 Å². The minimum Gasteiger partial charge on any atom is -0.224 e. The van der Waals surface area contributed by atoms with Crippen molar-refractivity contribution >= 4 is 6.21 Å². The average Bonchev–Trinajstić information content (AvgIpc) is 2.73. The number of hydrogen-bond donors (Lipinski definition) is 0. The first-order valence-electron chi connectivity index (χ1n) is 8.57.